The molecule has 0 saturated carbocycles. The molecule has 0 aliphatic heterocycles. The lowest BCUT2D eigenvalue weighted by atomic mass is 9.89. The topological polar surface area (TPSA) is 132 Å². The van der Waals surface area contributed by atoms with Gasteiger partial charge in [-0.05, 0) is 25.5 Å². The maximum atomic E-state index is 12.9. The van der Waals surface area contributed by atoms with Crippen molar-refractivity contribution in [2.24, 2.45) is 0 Å². The number of nitrogens with two attached hydrogens (primary N) is 1. The molecule has 148 valence electrons. The lowest BCUT2D eigenvalue weighted by Gasteiger charge is -2.20. The van der Waals surface area contributed by atoms with Crippen LogP contribution in [-0.4, -0.2) is 41.3 Å². The quantitative estimate of drug-likeness (QED) is 0.561. The predicted octanol–water partition coefficient (Wildman–Crippen LogP) is 3.02. The second-order valence-electron chi connectivity index (χ2n) is 6.16. The Labute approximate surface area is 162 Å². The molecule has 8 heteroatoms. The van der Waals surface area contributed by atoms with Crippen molar-refractivity contribution in [3.05, 3.63) is 35.4 Å². The van der Waals surface area contributed by atoms with Crippen LogP contribution in [0.5, 0.6) is 5.75 Å². The summed E-state index contributed by atoms with van der Waals surface area (Å²) < 4.78 is 5.36. The number of carboxylic acid groups (broad SMARTS) is 1. The molecule has 8 nitrogen and oxygen atoms in total. The number of aromatic nitrogens is 1. The second-order valence-corrected chi connectivity index (χ2v) is 6.16. The number of carbonyl (C=O) groups is 3. The van der Waals surface area contributed by atoms with Crippen LogP contribution in [0.4, 0.5) is 11.5 Å². The molecular weight excluding hydrogens is 362 g/mol. The number of rotatable bonds is 9. The zero-order chi connectivity index (χ0) is 20.8. The van der Waals surface area contributed by atoms with Gasteiger partial charge < -0.3 is 20.9 Å². The van der Waals surface area contributed by atoms with Gasteiger partial charge in [0.25, 0.3) is 0 Å². The largest absolute Gasteiger partial charge is 0.481 e. The van der Waals surface area contributed by atoms with Gasteiger partial charge in [-0.15, -0.1) is 0 Å². The first-order valence-electron chi connectivity index (χ1n) is 8.80. The number of aliphatic carboxylic acids is 1. The first-order valence-corrected chi connectivity index (χ1v) is 8.80. The van der Waals surface area contributed by atoms with Gasteiger partial charge in [-0.3, -0.25) is 9.59 Å². The number of hydrogen-bond acceptors (Lipinski definition) is 7. The van der Waals surface area contributed by atoms with E-state index in [9.17, 15) is 14.4 Å². The molecule has 4 N–H and O–H groups in total. The van der Waals surface area contributed by atoms with E-state index in [-0.39, 0.29) is 40.7 Å². The van der Waals surface area contributed by atoms with E-state index in [2.05, 4.69) is 10.3 Å². The molecule has 0 fully saturated rings. The number of ketones is 2. The van der Waals surface area contributed by atoms with Gasteiger partial charge in [0.15, 0.2) is 18.2 Å². The normalized spacial score (nSPS) is 10.4. The van der Waals surface area contributed by atoms with Gasteiger partial charge in [-0.25, -0.2) is 9.78 Å². The molecule has 0 radical (unpaired) electrons. The van der Waals surface area contributed by atoms with Crippen LogP contribution in [0.3, 0.4) is 0 Å². The van der Waals surface area contributed by atoms with E-state index in [1.807, 2.05) is 6.92 Å². The van der Waals surface area contributed by atoms with Crippen LogP contribution in [0.25, 0.3) is 11.3 Å². The number of nitrogen functional groups attached to an aromatic ring is 1. The fourth-order valence-corrected chi connectivity index (χ4v) is 2.95. The average molecular weight is 385 g/mol. The van der Waals surface area contributed by atoms with Crippen molar-refractivity contribution >= 4 is 29.0 Å². The SMILES string of the molecule is CCCC(=O)c1c(NC)cc(OCC(=O)O)c(C(C)=O)c1-c1cccc(N)n1. The van der Waals surface area contributed by atoms with Crippen molar-refractivity contribution in [2.75, 3.05) is 24.7 Å². The zero-order valence-electron chi connectivity index (χ0n) is 16.0. The van der Waals surface area contributed by atoms with Gasteiger partial charge in [0, 0.05) is 30.8 Å². The van der Waals surface area contributed by atoms with E-state index in [0.717, 1.165) is 0 Å². The van der Waals surface area contributed by atoms with Gasteiger partial charge >= 0.3 is 5.97 Å². The number of nitrogens with zero attached hydrogens (tertiary/aromatic N) is 1. The minimum absolute atomic E-state index is 0.0616. The van der Waals surface area contributed by atoms with Crippen LogP contribution in [0.2, 0.25) is 0 Å². The Hall–Kier alpha value is -3.42. The number of ether oxygens (including phenoxy) is 1. The Kier molecular flexibility index (Phi) is 6.70. The molecule has 2 rings (SSSR count). The summed E-state index contributed by atoms with van der Waals surface area (Å²) in [5.41, 5.74) is 7.24. The van der Waals surface area contributed by atoms with Crippen LogP contribution < -0.4 is 15.8 Å². The highest BCUT2D eigenvalue weighted by atomic mass is 16.5. The van der Waals surface area contributed by atoms with Crippen LogP contribution in [0, 0.1) is 0 Å². The first kappa shape index (κ1) is 20.9. The lowest BCUT2D eigenvalue weighted by Crippen LogP contribution is -2.16. The summed E-state index contributed by atoms with van der Waals surface area (Å²) in [7, 11) is 1.63. The minimum atomic E-state index is -1.18. The number of nitrogens with one attached hydrogen (secondary N) is 1. The van der Waals surface area contributed by atoms with Crippen LogP contribution >= 0.6 is 0 Å². The number of benzene rings is 1. The van der Waals surface area contributed by atoms with E-state index in [1.165, 1.54) is 13.0 Å². The van der Waals surface area contributed by atoms with E-state index in [1.54, 1.807) is 25.2 Å². The Morgan fingerprint density at radius 3 is 2.50 bits per heavy atom. The summed E-state index contributed by atoms with van der Waals surface area (Å²) in [5, 5.41) is 11.9. The van der Waals surface area contributed by atoms with Crippen molar-refractivity contribution in [3.63, 3.8) is 0 Å². The monoisotopic (exact) mass is 385 g/mol. The summed E-state index contributed by atoms with van der Waals surface area (Å²) in [4.78, 5) is 40.6. The Morgan fingerprint density at radius 2 is 1.96 bits per heavy atom. The third kappa shape index (κ3) is 4.46. The fourth-order valence-electron chi connectivity index (χ4n) is 2.95. The molecular formula is C20H23N3O5. The number of pyridine rings is 1. The molecule has 0 unspecified atom stereocenters. The van der Waals surface area contributed by atoms with E-state index in [0.29, 0.717) is 23.4 Å². The maximum Gasteiger partial charge on any atom is 0.341 e. The zero-order valence-corrected chi connectivity index (χ0v) is 16.0. The number of carboxylic acids is 1. The van der Waals surface area contributed by atoms with Crippen molar-refractivity contribution < 1.29 is 24.2 Å². The summed E-state index contributed by atoms with van der Waals surface area (Å²) in [5.74, 6) is -1.45. The first-order chi connectivity index (χ1) is 13.3. The Bertz CT molecular complexity index is 924. The second kappa shape index (κ2) is 8.98. The Balaban J connectivity index is 2.90. The standard InChI is InChI=1S/C20H23N3O5/c1-4-6-14(25)19-13(22-3)9-15(28-10-17(26)27)18(11(2)24)20(19)12-7-5-8-16(21)23-12/h5,7-9,22H,4,6,10H2,1-3H3,(H2,21,23)(H,26,27). The average Bonchev–Trinajstić information content (AvgIpc) is 2.64. The predicted molar refractivity (Wildman–Crippen MR) is 106 cm³/mol. The number of anilines is 2. The van der Waals surface area contributed by atoms with Crippen molar-refractivity contribution in [1.82, 2.24) is 4.98 Å². The maximum absolute atomic E-state index is 12.9. The molecule has 0 aliphatic carbocycles. The van der Waals surface area contributed by atoms with E-state index in [4.69, 9.17) is 15.6 Å². The molecule has 0 amide bonds. The van der Waals surface area contributed by atoms with Crippen molar-refractivity contribution in [2.45, 2.75) is 26.7 Å². The molecule has 1 heterocycles. The van der Waals surface area contributed by atoms with Gasteiger partial charge in [0.2, 0.25) is 0 Å². The highest BCUT2D eigenvalue weighted by molar-refractivity contribution is 6.14. The summed E-state index contributed by atoms with van der Waals surface area (Å²) >= 11 is 0. The summed E-state index contributed by atoms with van der Waals surface area (Å²) in [6.07, 6.45) is 0.898. The number of Topliss-reactive ketones (excluding diaryl/α,β-unsaturated/α-hetero) is 2. The third-order valence-electron chi connectivity index (χ3n) is 4.05. The highest BCUT2D eigenvalue weighted by Gasteiger charge is 2.27. The minimum Gasteiger partial charge on any atom is -0.481 e. The van der Waals surface area contributed by atoms with Gasteiger partial charge in [0.05, 0.1) is 16.8 Å². The van der Waals surface area contributed by atoms with Gasteiger partial charge in [0.1, 0.15) is 11.6 Å². The van der Waals surface area contributed by atoms with Gasteiger partial charge in [-0.2, -0.15) is 0 Å². The highest BCUT2D eigenvalue weighted by Crippen LogP contribution is 2.39. The Morgan fingerprint density at radius 1 is 1.25 bits per heavy atom. The fraction of sp³-hybridized carbons (Fsp3) is 0.300. The van der Waals surface area contributed by atoms with E-state index >= 15 is 0 Å². The van der Waals surface area contributed by atoms with E-state index < -0.39 is 12.6 Å². The molecule has 28 heavy (non-hydrogen) atoms. The smallest absolute Gasteiger partial charge is 0.341 e. The van der Waals surface area contributed by atoms with Crippen LogP contribution in [-0.2, 0) is 4.79 Å². The summed E-state index contributed by atoms with van der Waals surface area (Å²) in [6.45, 7) is 2.58. The molecule has 0 spiro atoms. The molecule has 1 aromatic heterocycles. The lowest BCUT2D eigenvalue weighted by molar-refractivity contribution is -0.139. The molecule has 0 bridgehead atoms. The number of carbonyl (C=O) groups excluding carboxylic acids is 2. The summed E-state index contributed by atoms with van der Waals surface area (Å²) in [6, 6.07) is 6.37. The van der Waals surface area contributed by atoms with Crippen molar-refractivity contribution in [1.29, 1.82) is 0 Å². The van der Waals surface area contributed by atoms with Gasteiger partial charge in [-0.1, -0.05) is 13.0 Å². The molecule has 0 aliphatic rings. The molecule has 0 saturated heterocycles. The molecule has 0 atom stereocenters. The molecule has 1 aromatic carbocycles. The number of hydrogen-bond donors (Lipinski definition) is 3. The molecule has 2 aromatic rings. The van der Waals surface area contributed by atoms with Crippen molar-refractivity contribution in [3.8, 4) is 17.0 Å². The third-order valence-corrected chi connectivity index (χ3v) is 4.05. The van der Waals surface area contributed by atoms with Crippen LogP contribution in [0.15, 0.2) is 24.3 Å². The van der Waals surface area contributed by atoms with Crippen LogP contribution in [0.1, 0.15) is 47.4 Å².